The Bertz CT molecular complexity index is 1420. The van der Waals surface area contributed by atoms with Gasteiger partial charge in [0.05, 0.1) is 22.8 Å². The molecular weight excluding hydrogens is 456 g/mol. The minimum Gasteiger partial charge on any atom is -0.485 e. The van der Waals surface area contributed by atoms with Crippen LogP contribution in [0.3, 0.4) is 0 Å². The second-order valence-corrected chi connectivity index (χ2v) is 8.93. The summed E-state index contributed by atoms with van der Waals surface area (Å²) >= 11 is 6.42. The molecule has 4 heterocycles. The van der Waals surface area contributed by atoms with Gasteiger partial charge in [0, 0.05) is 37.4 Å². The fourth-order valence-corrected chi connectivity index (χ4v) is 3.66. The van der Waals surface area contributed by atoms with Gasteiger partial charge in [-0.05, 0) is 51.5 Å². The second kappa shape index (κ2) is 9.00. The van der Waals surface area contributed by atoms with Crippen LogP contribution < -0.4 is 10.3 Å². The zero-order chi connectivity index (χ0) is 24.6. The lowest BCUT2D eigenvalue weighted by atomic mass is 10.1. The van der Waals surface area contributed by atoms with Gasteiger partial charge < -0.3 is 9.84 Å². The monoisotopic (exact) mass is 480 g/mol. The van der Waals surface area contributed by atoms with Crippen molar-refractivity contribution in [1.29, 1.82) is 0 Å². The molecule has 10 heteroatoms. The molecule has 0 bridgehead atoms. The van der Waals surface area contributed by atoms with Crippen LogP contribution in [0.1, 0.15) is 36.6 Å². The van der Waals surface area contributed by atoms with Crippen LogP contribution in [0.25, 0.3) is 17.1 Å². The van der Waals surface area contributed by atoms with E-state index in [-0.39, 0.29) is 17.5 Å². The molecule has 0 aliphatic carbocycles. The van der Waals surface area contributed by atoms with Crippen molar-refractivity contribution >= 4 is 11.6 Å². The van der Waals surface area contributed by atoms with Gasteiger partial charge in [-0.3, -0.25) is 19.0 Å². The van der Waals surface area contributed by atoms with Crippen LogP contribution in [0.2, 0.25) is 5.02 Å². The summed E-state index contributed by atoms with van der Waals surface area (Å²) in [6.07, 6.45) is 5.05. The van der Waals surface area contributed by atoms with Crippen LogP contribution in [0.5, 0.6) is 5.75 Å². The smallest absolute Gasteiger partial charge is 0.277 e. The van der Waals surface area contributed by atoms with Gasteiger partial charge in [0.1, 0.15) is 23.0 Å². The summed E-state index contributed by atoms with van der Waals surface area (Å²) < 4.78 is 8.98. The molecule has 0 saturated heterocycles. The summed E-state index contributed by atoms with van der Waals surface area (Å²) in [5.74, 6) is 0.573. The molecule has 0 spiro atoms. The maximum atomic E-state index is 13.3. The predicted octanol–water partition coefficient (Wildman–Crippen LogP) is 3.50. The lowest BCUT2D eigenvalue weighted by molar-refractivity contribution is 0.0688. The Labute approximate surface area is 201 Å². The van der Waals surface area contributed by atoms with E-state index in [0.717, 1.165) is 11.3 Å². The van der Waals surface area contributed by atoms with Crippen molar-refractivity contribution in [3.8, 4) is 22.8 Å². The molecule has 4 aromatic heterocycles. The van der Waals surface area contributed by atoms with Crippen molar-refractivity contribution in [2.75, 3.05) is 0 Å². The van der Waals surface area contributed by atoms with Gasteiger partial charge in [-0.2, -0.15) is 5.10 Å². The third-order valence-electron chi connectivity index (χ3n) is 5.23. The lowest BCUT2D eigenvalue weighted by Crippen LogP contribution is -2.23. The summed E-state index contributed by atoms with van der Waals surface area (Å²) in [6, 6.07) is 7.03. The molecule has 0 aromatic carbocycles. The van der Waals surface area contributed by atoms with E-state index in [1.807, 2.05) is 33.2 Å². The van der Waals surface area contributed by atoms with E-state index in [0.29, 0.717) is 28.5 Å². The van der Waals surface area contributed by atoms with Crippen LogP contribution in [0, 0.1) is 13.8 Å². The summed E-state index contributed by atoms with van der Waals surface area (Å²) in [5, 5.41) is 14.5. The fourth-order valence-electron chi connectivity index (χ4n) is 3.47. The molecular formula is C24H25ClN6O3. The number of aromatic nitrogens is 6. The highest BCUT2D eigenvalue weighted by Crippen LogP contribution is 2.27. The number of hydrogen-bond acceptors (Lipinski definition) is 7. The minimum atomic E-state index is -1.20. The number of aliphatic hydroxyl groups is 1. The van der Waals surface area contributed by atoms with Crippen LogP contribution in [-0.2, 0) is 19.3 Å². The van der Waals surface area contributed by atoms with E-state index in [9.17, 15) is 9.90 Å². The van der Waals surface area contributed by atoms with Crippen LogP contribution >= 0.6 is 11.6 Å². The Hall–Kier alpha value is -3.56. The van der Waals surface area contributed by atoms with E-state index in [4.69, 9.17) is 16.3 Å². The molecule has 0 atom stereocenters. The zero-order valence-corrected chi connectivity index (χ0v) is 20.3. The molecule has 0 radical (unpaired) electrons. The van der Waals surface area contributed by atoms with Gasteiger partial charge in [-0.25, -0.2) is 9.97 Å². The fraction of sp³-hybridized carbons (Fsp3) is 0.292. The molecule has 0 amide bonds. The highest BCUT2D eigenvalue weighted by Gasteiger charge is 2.21. The maximum Gasteiger partial charge on any atom is 0.277 e. The van der Waals surface area contributed by atoms with Crippen LogP contribution in [0.15, 0.2) is 47.7 Å². The number of aryl methyl sites for hydroxylation is 3. The van der Waals surface area contributed by atoms with Crippen LogP contribution in [-0.4, -0.2) is 34.4 Å². The van der Waals surface area contributed by atoms with Gasteiger partial charge >= 0.3 is 0 Å². The van der Waals surface area contributed by atoms with Crippen molar-refractivity contribution < 1.29 is 9.84 Å². The Morgan fingerprint density at radius 2 is 1.91 bits per heavy atom. The van der Waals surface area contributed by atoms with Crippen molar-refractivity contribution in [1.82, 2.24) is 29.3 Å². The largest absolute Gasteiger partial charge is 0.485 e. The second-order valence-electron chi connectivity index (χ2n) is 8.55. The highest BCUT2D eigenvalue weighted by atomic mass is 35.5. The minimum absolute atomic E-state index is 0.0226. The number of hydrogen-bond donors (Lipinski definition) is 1. The number of rotatable bonds is 6. The average molecular weight is 481 g/mol. The van der Waals surface area contributed by atoms with E-state index in [1.165, 1.54) is 4.57 Å². The molecule has 0 fully saturated rings. The van der Waals surface area contributed by atoms with Gasteiger partial charge in [0.15, 0.2) is 5.82 Å². The van der Waals surface area contributed by atoms with Crippen molar-refractivity contribution in [2.45, 2.75) is 39.9 Å². The molecule has 0 unspecified atom stereocenters. The van der Waals surface area contributed by atoms with Crippen molar-refractivity contribution in [2.24, 2.45) is 7.05 Å². The van der Waals surface area contributed by atoms with Gasteiger partial charge in [0.2, 0.25) is 0 Å². The Morgan fingerprint density at radius 1 is 1.15 bits per heavy atom. The number of nitrogens with zero attached hydrogens (tertiary/aromatic N) is 6. The summed E-state index contributed by atoms with van der Waals surface area (Å²) in [6.45, 7) is 7.09. The van der Waals surface area contributed by atoms with E-state index in [1.54, 1.807) is 49.1 Å². The third-order valence-corrected chi connectivity index (χ3v) is 5.57. The van der Waals surface area contributed by atoms with Gasteiger partial charge in [-0.15, -0.1) is 0 Å². The molecule has 0 aliphatic heterocycles. The first-order valence-corrected chi connectivity index (χ1v) is 11.0. The van der Waals surface area contributed by atoms with Crippen molar-refractivity contribution in [3.05, 3.63) is 81.0 Å². The number of halogens is 1. The predicted molar refractivity (Wildman–Crippen MR) is 128 cm³/mol. The average Bonchev–Trinajstić information content (AvgIpc) is 3.21. The third kappa shape index (κ3) is 4.71. The number of pyridine rings is 2. The summed E-state index contributed by atoms with van der Waals surface area (Å²) in [4.78, 5) is 26.3. The zero-order valence-electron chi connectivity index (χ0n) is 19.6. The first kappa shape index (κ1) is 23.6. The maximum absolute atomic E-state index is 13.3. The molecule has 1 N–H and O–H groups in total. The topological polar surface area (TPSA) is 108 Å². The molecule has 4 rings (SSSR count). The Morgan fingerprint density at radius 3 is 2.59 bits per heavy atom. The Kier molecular flexibility index (Phi) is 6.24. The molecule has 176 valence electrons. The van der Waals surface area contributed by atoms with Gasteiger partial charge in [-0.1, -0.05) is 11.6 Å². The van der Waals surface area contributed by atoms with E-state index < -0.39 is 11.2 Å². The SMILES string of the molecule is Cc1cnc(-c2ccnc(C(C)(C)O)n2)cc1-n1c(C)cc(OCc2ccn(C)n2)c(Cl)c1=O. The van der Waals surface area contributed by atoms with E-state index >= 15 is 0 Å². The quantitative estimate of drug-likeness (QED) is 0.450. The lowest BCUT2D eigenvalue weighted by Gasteiger charge is -2.17. The summed E-state index contributed by atoms with van der Waals surface area (Å²) in [7, 11) is 1.82. The first-order valence-electron chi connectivity index (χ1n) is 10.6. The van der Waals surface area contributed by atoms with Gasteiger partial charge in [0.25, 0.3) is 5.56 Å². The summed E-state index contributed by atoms with van der Waals surface area (Å²) in [5.41, 5.74) is 2.23. The standard InChI is InChI=1S/C24H25ClN6O3/c1-14-12-27-18(17-6-8-26-23(28-17)24(3,4)33)11-19(14)31-15(2)10-20(21(25)22(31)32)34-13-16-7-9-30(5)29-16/h6-12,33H,13H2,1-5H3. The van der Waals surface area contributed by atoms with Crippen molar-refractivity contribution in [3.63, 3.8) is 0 Å². The number of ether oxygens (including phenoxy) is 1. The molecule has 0 saturated carbocycles. The Balaban J connectivity index is 1.73. The highest BCUT2D eigenvalue weighted by molar-refractivity contribution is 6.31. The normalized spacial score (nSPS) is 11.6. The first-order chi connectivity index (χ1) is 16.0. The molecule has 34 heavy (non-hydrogen) atoms. The molecule has 4 aromatic rings. The molecule has 0 aliphatic rings. The van der Waals surface area contributed by atoms with E-state index in [2.05, 4.69) is 20.1 Å². The van der Waals surface area contributed by atoms with Crippen LogP contribution in [0.4, 0.5) is 0 Å². The molecule has 9 nitrogen and oxygen atoms in total.